The molecule has 15 heavy (non-hydrogen) atoms. The molecule has 1 aromatic rings. The number of hydrogen-bond acceptors (Lipinski definition) is 1. The first-order valence-corrected chi connectivity index (χ1v) is 6.52. The van der Waals surface area contributed by atoms with Crippen LogP contribution in [0.3, 0.4) is 0 Å². The number of benzene rings is 1. The van der Waals surface area contributed by atoms with Gasteiger partial charge in [-0.05, 0) is 37.6 Å². The van der Waals surface area contributed by atoms with Crippen molar-refractivity contribution in [2.75, 3.05) is 6.54 Å². The largest absolute Gasteiger partial charge is 0.310 e. The van der Waals surface area contributed by atoms with E-state index in [2.05, 4.69) is 59.4 Å². The maximum absolute atomic E-state index is 3.54. The highest BCUT2D eigenvalue weighted by Crippen LogP contribution is 2.16. The molecule has 2 heteroatoms. The number of nitrogens with one attached hydrogen (secondary N) is 1. The number of halogens is 1. The zero-order valence-electron chi connectivity index (χ0n) is 9.59. The van der Waals surface area contributed by atoms with Crippen LogP contribution in [0.2, 0.25) is 0 Å². The highest BCUT2D eigenvalue weighted by atomic mass is 79.9. The van der Waals surface area contributed by atoms with E-state index < -0.39 is 0 Å². The average molecular weight is 270 g/mol. The molecular weight excluding hydrogens is 250 g/mol. The van der Waals surface area contributed by atoms with Gasteiger partial charge in [0.05, 0.1) is 0 Å². The summed E-state index contributed by atoms with van der Waals surface area (Å²) in [6.45, 7) is 5.57. The molecule has 0 fully saturated rings. The van der Waals surface area contributed by atoms with Crippen LogP contribution in [-0.4, -0.2) is 6.54 Å². The normalized spacial score (nSPS) is 12.7. The summed E-state index contributed by atoms with van der Waals surface area (Å²) < 4.78 is 1.14. The van der Waals surface area contributed by atoms with Crippen LogP contribution in [0.4, 0.5) is 0 Å². The lowest BCUT2D eigenvalue weighted by molar-refractivity contribution is 0.544. The lowest BCUT2D eigenvalue weighted by Crippen LogP contribution is -2.19. The topological polar surface area (TPSA) is 12.0 Å². The molecule has 1 N–H and O–H groups in total. The Labute approximate surface area is 101 Å². The summed E-state index contributed by atoms with van der Waals surface area (Å²) in [6.07, 6.45) is 3.88. The molecule has 1 aromatic carbocycles. The van der Waals surface area contributed by atoms with Crippen LogP contribution < -0.4 is 5.32 Å². The van der Waals surface area contributed by atoms with E-state index in [1.807, 2.05) is 0 Å². The first kappa shape index (κ1) is 12.7. The van der Waals surface area contributed by atoms with Gasteiger partial charge in [-0.25, -0.2) is 0 Å². The molecule has 1 atom stereocenters. The molecule has 0 saturated heterocycles. The van der Waals surface area contributed by atoms with Crippen molar-refractivity contribution < 1.29 is 0 Å². The zero-order chi connectivity index (χ0) is 11.1. The first-order valence-electron chi connectivity index (χ1n) is 5.73. The molecule has 0 spiro atoms. The Morgan fingerprint density at radius 3 is 2.47 bits per heavy atom. The molecular formula is C13H20BrN. The van der Waals surface area contributed by atoms with Gasteiger partial charge in [0.25, 0.3) is 0 Å². The third-order valence-electron chi connectivity index (χ3n) is 2.60. The van der Waals surface area contributed by atoms with Crippen molar-refractivity contribution in [1.29, 1.82) is 0 Å². The van der Waals surface area contributed by atoms with Crippen LogP contribution in [0.1, 0.15) is 44.7 Å². The summed E-state index contributed by atoms with van der Waals surface area (Å²) >= 11 is 3.45. The van der Waals surface area contributed by atoms with Crippen molar-refractivity contribution in [3.8, 4) is 0 Å². The average Bonchev–Trinajstić information content (AvgIpc) is 2.25. The Hall–Kier alpha value is -0.340. The van der Waals surface area contributed by atoms with Crippen LogP contribution in [0, 0.1) is 0 Å². The number of unbranched alkanes of at least 4 members (excludes halogenated alkanes) is 2. The van der Waals surface area contributed by atoms with Crippen molar-refractivity contribution in [1.82, 2.24) is 5.32 Å². The van der Waals surface area contributed by atoms with Crippen LogP contribution in [0.25, 0.3) is 0 Å². The van der Waals surface area contributed by atoms with Crippen LogP contribution in [-0.2, 0) is 0 Å². The van der Waals surface area contributed by atoms with Gasteiger partial charge in [0.1, 0.15) is 0 Å². The third kappa shape index (κ3) is 4.80. The van der Waals surface area contributed by atoms with Gasteiger partial charge in [0.15, 0.2) is 0 Å². The van der Waals surface area contributed by atoms with Gasteiger partial charge in [-0.2, -0.15) is 0 Å². The van der Waals surface area contributed by atoms with Gasteiger partial charge in [-0.3, -0.25) is 0 Å². The highest BCUT2D eigenvalue weighted by molar-refractivity contribution is 9.10. The Balaban J connectivity index is 2.33. The van der Waals surface area contributed by atoms with E-state index in [0.29, 0.717) is 6.04 Å². The summed E-state index contributed by atoms with van der Waals surface area (Å²) in [5, 5.41) is 3.54. The van der Waals surface area contributed by atoms with E-state index in [4.69, 9.17) is 0 Å². The summed E-state index contributed by atoms with van der Waals surface area (Å²) in [7, 11) is 0. The fraction of sp³-hybridized carbons (Fsp3) is 0.538. The molecule has 0 saturated carbocycles. The minimum Gasteiger partial charge on any atom is -0.310 e. The number of rotatable bonds is 6. The van der Waals surface area contributed by atoms with Gasteiger partial charge < -0.3 is 5.32 Å². The van der Waals surface area contributed by atoms with Crippen LogP contribution in [0.5, 0.6) is 0 Å². The van der Waals surface area contributed by atoms with Gasteiger partial charge >= 0.3 is 0 Å². The molecule has 0 aromatic heterocycles. The maximum atomic E-state index is 3.54. The fourth-order valence-corrected chi connectivity index (χ4v) is 1.83. The van der Waals surface area contributed by atoms with Gasteiger partial charge in [0.2, 0.25) is 0 Å². The molecule has 0 aliphatic carbocycles. The standard InChI is InChI=1S/C13H20BrN/c1-3-4-5-10-15-11(2)12-6-8-13(14)9-7-12/h6-9,11,15H,3-5,10H2,1-2H3/t11-/m0/s1. The lowest BCUT2D eigenvalue weighted by atomic mass is 10.1. The van der Waals surface area contributed by atoms with E-state index in [0.717, 1.165) is 11.0 Å². The van der Waals surface area contributed by atoms with Crippen molar-refractivity contribution in [3.63, 3.8) is 0 Å². The summed E-state index contributed by atoms with van der Waals surface area (Å²) in [6, 6.07) is 8.98. The predicted octanol–water partition coefficient (Wildman–Crippen LogP) is 4.29. The molecule has 0 bridgehead atoms. The minimum atomic E-state index is 0.454. The molecule has 0 amide bonds. The fourth-order valence-electron chi connectivity index (χ4n) is 1.56. The minimum absolute atomic E-state index is 0.454. The van der Waals surface area contributed by atoms with Crippen LogP contribution in [0.15, 0.2) is 28.7 Å². The highest BCUT2D eigenvalue weighted by Gasteiger charge is 2.03. The van der Waals surface area contributed by atoms with Crippen molar-refractivity contribution >= 4 is 15.9 Å². The molecule has 0 aliphatic heterocycles. The van der Waals surface area contributed by atoms with Crippen molar-refractivity contribution in [3.05, 3.63) is 34.3 Å². The monoisotopic (exact) mass is 269 g/mol. The van der Waals surface area contributed by atoms with Gasteiger partial charge in [-0.1, -0.05) is 47.8 Å². The summed E-state index contributed by atoms with van der Waals surface area (Å²) in [5.41, 5.74) is 1.36. The van der Waals surface area contributed by atoms with Gasteiger partial charge in [0, 0.05) is 10.5 Å². The maximum Gasteiger partial charge on any atom is 0.0291 e. The van der Waals surface area contributed by atoms with Gasteiger partial charge in [-0.15, -0.1) is 0 Å². The third-order valence-corrected chi connectivity index (χ3v) is 3.13. The van der Waals surface area contributed by atoms with E-state index in [1.165, 1.54) is 24.8 Å². The van der Waals surface area contributed by atoms with Crippen molar-refractivity contribution in [2.24, 2.45) is 0 Å². The zero-order valence-corrected chi connectivity index (χ0v) is 11.2. The second-order valence-electron chi connectivity index (χ2n) is 3.93. The molecule has 0 radical (unpaired) electrons. The van der Waals surface area contributed by atoms with Crippen molar-refractivity contribution in [2.45, 2.75) is 39.2 Å². The van der Waals surface area contributed by atoms with E-state index in [-0.39, 0.29) is 0 Å². The van der Waals surface area contributed by atoms with E-state index >= 15 is 0 Å². The Bertz CT molecular complexity index is 268. The van der Waals surface area contributed by atoms with Crippen LogP contribution >= 0.6 is 15.9 Å². The molecule has 0 unspecified atom stereocenters. The quantitative estimate of drug-likeness (QED) is 0.760. The SMILES string of the molecule is CCCCCN[C@@H](C)c1ccc(Br)cc1. The predicted molar refractivity (Wildman–Crippen MR) is 70.1 cm³/mol. The Morgan fingerprint density at radius 2 is 1.87 bits per heavy atom. The lowest BCUT2D eigenvalue weighted by Gasteiger charge is -2.14. The molecule has 1 nitrogen and oxygen atoms in total. The molecule has 0 heterocycles. The molecule has 84 valence electrons. The second-order valence-corrected chi connectivity index (χ2v) is 4.85. The van der Waals surface area contributed by atoms with E-state index in [1.54, 1.807) is 0 Å². The Morgan fingerprint density at radius 1 is 1.20 bits per heavy atom. The first-order chi connectivity index (χ1) is 7.24. The smallest absolute Gasteiger partial charge is 0.0291 e. The second kappa shape index (κ2) is 7.02. The van der Waals surface area contributed by atoms with E-state index in [9.17, 15) is 0 Å². The molecule has 0 aliphatic rings. The molecule has 1 rings (SSSR count). The summed E-state index contributed by atoms with van der Waals surface area (Å²) in [4.78, 5) is 0. The summed E-state index contributed by atoms with van der Waals surface area (Å²) in [5.74, 6) is 0. The number of hydrogen-bond donors (Lipinski definition) is 1. The Kier molecular flexibility index (Phi) is 5.96.